The smallest absolute Gasteiger partial charge is 0.274 e. The van der Waals surface area contributed by atoms with Gasteiger partial charge in [-0.15, -0.1) is 0 Å². The van der Waals surface area contributed by atoms with Gasteiger partial charge in [-0.1, -0.05) is 6.07 Å². The highest BCUT2D eigenvalue weighted by atomic mass is 79.9. The minimum atomic E-state index is -0.0128. The lowest BCUT2D eigenvalue weighted by molar-refractivity contribution is 0.0672. The van der Waals surface area contributed by atoms with Gasteiger partial charge in [0.25, 0.3) is 5.91 Å². The molecular weight excluding hydrogens is 404 g/mol. The van der Waals surface area contributed by atoms with E-state index < -0.39 is 0 Å². The molecule has 1 aliphatic heterocycles. The molecule has 0 spiro atoms. The first-order valence-corrected chi connectivity index (χ1v) is 9.85. The molecule has 4 aromatic rings. The zero-order valence-corrected chi connectivity index (χ0v) is 16.8. The molecule has 0 N–H and O–H groups in total. The standard InChI is InChI=1S/C21H19BrN4O/c1-13-16-5-6-20-18(7-9-24(20)2)17(16)8-10-25(13)21(27)19-11-15-4-3-14(22)12-26(15)23-19/h3-7,9,11-13H,8,10H2,1-2H3. The zero-order chi connectivity index (χ0) is 18.7. The van der Waals surface area contributed by atoms with E-state index in [-0.39, 0.29) is 11.9 Å². The normalized spacial score (nSPS) is 16.9. The number of hydrogen-bond acceptors (Lipinski definition) is 2. The van der Waals surface area contributed by atoms with Crippen molar-refractivity contribution in [3.8, 4) is 0 Å². The Morgan fingerprint density at radius 2 is 2.07 bits per heavy atom. The Bertz CT molecular complexity index is 1210. The molecule has 1 aliphatic rings. The highest BCUT2D eigenvalue weighted by Crippen LogP contribution is 2.35. The van der Waals surface area contributed by atoms with E-state index in [9.17, 15) is 4.79 Å². The molecule has 1 amide bonds. The number of carbonyl (C=O) groups excluding carboxylic acids is 1. The number of hydrogen-bond donors (Lipinski definition) is 0. The molecule has 0 saturated carbocycles. The first-order valence-electron chi connectivity index (χ1n) is 9.05. The summed E-state index contributed by atoms with van der Waals surface area (Å²) in [4.78, 5) is 15.1. The SMILES string of the molecule is CC1c2ccc3c(ccn3C)c2CCN1C(=O)c1cc2ccc(Br)cn2n1. The number of aromatic nitrogens is 3. The van der Waals surface area contributed by atoms with Crippen LogP contribution in [-0.2, 0) is 13.5 Å². The molecule has 27 heavy (non-hydrogen) atoms. The fourth-order valence-corrected chi connectivity index (χ4v) is 4.51. The van der Waals surface area contributed by atoms with E-state index in [1.54, 1.807) is 4.52 Å². The lowest BCUT2D eigenvalue weighted by Gasteiger charge is -2.35. The second kappa shape index (κ2) is 5.96. The van der Waals surface area contributed by atoms with Crippen LogP contribution in [0.4, 0.5) is 0 Å². The molecule has 5 nitrogen and oxygen atoms in total. The van der Waals surface area contributed by atoms with E-state index in [1.165, 1.54) is 22.0 Å². The van der Waals surface area contributed by atoms with Crippen LogP contribution in [0.5, 0.6) is 0 Å². The lowest BCUT2D eigenvalue weighted by Crippen LogP contribution is -2.39. The Labute approximate surface area is 165 Å². The molecule has 0 bridgehead atoms. The largest absolute Gasteiger partial charge is 0.351 e. The van der Waals surface area contributed by atoms with Gasteiger partial charge in [0.2, 0.25) is 0 Å². The number of nitrogens with zero attached hydrogens (tertiary/aromatic N) is 4. The van der Waals surface area contributed by atoms with Crippen molar-refractivity contribution in [3.05, 3.63) is 70.1 Å². The minimum Gasteiger partial charge on any atom is -0.351 e. The summed E-state index contributed by atoms with van der Waals surface area (Å²) in [5, 5.41) is 5.78. The second-order valence-electron chi connectivity index (χ2n) is 7.16. The first-order chi connectivity index (χ1) is 13.0. The van der Waals surface area contributed by atoms with Crippen LogP contribution in [-0.4, -0.2) is 31.5 Å². The zero-order valence-electron chi connectivity index (χ0n) is 15.2. The summed E-state index contributed by atoms with van der Waals surface area (Å²) in [5.41, 5.74) is 5.25. The lowest BCUT2D eigenvalue weighted by atomic mass is 9.90. The molecule has 3 aromatic heterocycles. The van der Waals surface area contributed by atoms with Crippen molar-refractivity contribution in [2.24, 2.45) is 7.05 Å². The number of pyridine rings is 1. The van der Waals surface area contributed by atoms with E-state index >= 15 is 0 Å². The van der Waals surface area contributed by atoms with Gasteiger partial charge in [0.1, 0.15) is 0 Å². The fourth-order valence-electron chi connectivity index (χ4n) is 4.18. The maximum Gasteiger partial charge on any atom is 0.274 e. The van der Waals surface area contributed by atoms with Gasteiger partial charge < -0.3 is 9.47 Å². The van der Waals surface area contributed by atoms with Gasteiger partial charge in [0, 0.05) is 41.4 Å². The number of aryl methyl sites for hydroxylation is 1. The molecule has 4 heterocycles. The predicted molar refractivity (Wildman–Crippen MR) is 109 cm³/mol. The van der Waals surface area contributed by atoms with E-state index in [4.69, 9.17) is 0 Å². The molecule has 0 aliphatic carbocycles. The van der Waals surface area contributed by atoms with Gasteiger partial charge >= 0.3 is 0 Å². The molecule has 6 heteroatoms. The summed E-state index contributed by atoms with van der Waals surface area (Å²) in [6, 6.07) is 12.3. The molecular formula is C21H19BrN4O. The molecule has 1 aromatic carbocycles. The van der Waals surface area contributed by atoms with Gasteiger partial charge in [0.15, 0.2) is 5.69 Å². The van der Waals surface area contributed by atoms with Crippen LogP contribution in [0.3, 0.4) is 0 Å². The quantitative estimate of drug-likeness (QED) is 0.457. The van der Waals surface area contributed by atoms with Gasteiger partial charge in [0.05, 0.1) is 11.6 Å². The molecule has 1 atom stereocenters. The van der Waals surface area contributed by atoms with Crippen LogP contribution in [0.2, 0.25) is 0 Å². The average Bonchev–Trinajstić information content (AvgIpc) is 3.25. The summed E-state index contributed by atoms with van der Waals surface area (Å²) < 4.78 is 4.82. The van der Waals surface area contributed by atoms with E-state index in [1.807, 2.05) is 29.3 Å². The molecule has 0 fully saturated rings. The summed E-state index contributed by atoms with van der Waals surface area (Å²) in [5.74, 6) is -0.0128. The summed E-state index contributed by atoms with van der Waals surface area (Å²) in [6.07, 6.45) is 4.83. The molecule has 0 radical (unpaired) electrons. The van der Waals surface area contributed by atoms with Crippen molar-refractivity contribution >= 4 is 38.3 Å². The van der Waals surface area contributed by atoms with Crippen molar-refractivity contribution in [2.75, 3.05) is 6.54 Å². The van der Waals surface area contributed by atoms with Crippen molar-refractivity contribution in [2.45, 2.75) is 19.4 Å². The number of carbonyl (C=O) groups is 1. The first kappa shape index (κ1) is 16.6. The Morgan fingerprint density at radius 1 is 1.22 bits per heavy atom. The number of amides is 1. The van der Waals surface area contributed by atoms with Gasteiger partial charge in [-0.25, -0.2) is 4.52 Å². The molecule has 0 saturated heterocycles. The van der Waals surface area contributed by atoms with Crippen molar-refractivity contribution in [3.63, 3.8) is 0 Å². The van der Waals surface area contributed by atoms with E-state index in [2.05, 4.69) is 64.0 Å². The monoisotopic (exact) mass is 422 g/mol. The number of fused-ring (bicyclic) bond motifs is 4. The third kappa shape index (κ3) is 2.51. The van der Waals surface area contributed by atoms with Crippen LogP contribution in [0.15, 0.2) is 53.3 Å². The van der Waals surface area contributed by atoms with Crippen LogP contribution in [0, 0.1) is 0 Å². The summed E-state index contributed by atoms with van der Waals surface area (Å²) in [7, 11) is 2.07. The third-order valence-electron chi connectivity index (χ3n) is 5.64. The van der Waals surface area contributed by atoms with E-state index in [0.717, 1.165) is 16.4 Å². The number of benzene rings is 1. The van der Waals surface area contributed by atoms with Crippen LogP contribution in [0.25, 0.3) is 16.4 Å². The molecule has 5 rings (SSSR count). The van der Waals surface area contributed by atoms with E-state index in [0.29, 0.717) is 12.2 Å². The van der Waals surface area contributed by atoms with Crippen LogP contribution in [0.1, 0.15) is 34.6 Å². The Hall–Kier alpha value is -2.60. The minimum absolute atomic E-state index is 0.0128. The maximum absolute atomic E-state index is 13.2. The Balaban J connectivity index is 1.52. The topological polar surface area (TPSA) is 42.5 Å². The highest BCUT2D eigenvalue weighted by Gasteiger charge is 2.30. The molecule has 1 unspecified atom stereocenters. The Morgan fingerprint density at radius 3 is 2.93 bits per heavy atom. The van der Waals surface area contributed by atoms with Gasteiger partial charge in [-0.2, -0.15) is 5.10 Å². The maximum atomic E-state index is 13.2. The predicted octanol–water partition coefficient (Wildman–Crippen LogP) is 4.35. The Kier molecular flexibility index (Phi) is 3.65. The summed E-state index contributed by atoms with van der Waals surface area (Å²) in [6.45, 7) is 2.82. The van der Waals surface area contributed by atoms with Gasteiger partial charge in [-0.3, -0.25) is 4.79 Å². The number of halogens is 1. The van der Waals surface area contributed by atoms with Crippen molar-refractivity contribution in [1.82, 2.24) is 19.1 Å². The fraction of sp³-hybridized carbons (Fsp3) is 0.238. The highest BCUT2D eigenvalue weighted by molar-refractivity contribution is 9.10. The molecule has 136 valence electrons. The number of rotatable bonds is 1. The second-order valence-corrected chi connectivity index (χ2v) is 8.08. The van der Waals surface area contributed by atoms with Crippen molar-refractivity contribution in [1.29, 1.82) is 0 Å². The third-order valence-corrected chi connectivity index (χ3v) is 6.11. The summed E-state index contributed by atoms with van der Waals surface area (Å²) >= 11 is 3.45. The van der Waals surface area contributed by atoms with Crippen molar-refractivity contribution < 1.29 is 4.79 Å². The van der Waals surface area contributed by atoms with Crippen LogP contribution < -0.4 is 0 Å². The average molecular weight is 423 g/mol. The van der Waals surface area contributed by atoms with Gasteiger partial charge in [-0.05, 0) is 70.7 Å². The van der Waals surface area contributed by atoms with Crippen LogP contribution >= 0.6 is 15.9 Å².